The average molecular weight is 158 g/mol. The summed E-state index contributed by atoms with van der Waals surface area (Å²) in [5.41, 5.74) is 11.6. The van der Waals surface area contributed by atoms with E-state index in [1.54, 1.807) is 12.1 Å². The van der Waals surface area contributed by atoms with Crippen molar-refractivity contribution in [3.05, 3.63) is 22.8 Å². The first-order chi connectivity index (χ1) is 4.72. The molecular weight excluding hydrogens is 150 g/mol. The molecule has 0 radical (unpaired) electrons. The summed E-state index contributed by atoms with van der Waals surface area (Å²) >= 11 is 5.58. The van der Waals surface area contributed by atoms with Crippen LogP contribution in [0.4, 0.5) is 5.82 Å². The van der Waals surface area contributed by atoms with E-state index in [4.69, 9.17) is 23.1 Å². The lowest BCUT2D eigenvalue weighted by molar-refractivity contribution is 1.06. The van der Waals surface area contributed by atoms with Crippen LogP contribution in [0, 0.1) is 0 Å². The van der Waals surface area contributed by atoms with E-state index in [9.17, 15) is 0 Å². The number of anilines is 1. The maximum absolute atomic E-state index is 5.58. The number of halogens is 1. The molecule has 0 amide bonds. The van der Waals surface area contributed by atoms with Crippen LogP contribution in [0.25, 0.3) is 0 Å². The first-order valence-electron chi connectivity index (χ1n) is 2.84. The van der Waals surface area contributed by atoms with Crippen LogP contribution >= 0.6 is 11.6 Å². The van der Waals surface area contributed by atoms with E-state index in [-0.39, 0.29) is 0 Å². The fraction of sp³-hybridized carbons (Fsp3) is 0.167. The first-order valence-corrected chi connectivity index (χ1v) is 3.22. The smallest absolute Gasteiger partial charge is 0.131 e. The number of rotatable bonds is 1. The Morgan fingerprint density at radius 2 is 2.20 bits per heavy atom. The van der Waals surface area contributed by atoms with Crippen LogP contribution in [-0.4, -0.2) is 4.98 Å². The Morgan fingerprint density at radius 1 is 1.50 bits per heavy atom. The lowest BCUT2D eigenvalue weighted by Crippen LogP contribution is -1.99. The van der Waals surface area contributed by atoms with Crippen LogP contribution in [0.3, 0.4) is 0 Å². The second-order valence-corrected chi connectivity index (χ2v) is 2.31. The number of nitrogen functional groups attached to an aromatic ring is 1. The highest BCUT2D eigenvalue weighted by atomic mass is 35.5. The van der Waals surface area contributed by atoms with Crippen LogP contribution in [0.15, 0.2) is 12.1 Å². The summed E-state index contributed by atoms with van der Waals surface area (Å²) in [5, 5.41) is 0.389. The molecule has 0 spiro atoms. The largest absolute Gasteiger partial charge is 0.384 e. The summed E-state index contributed by atoms with van der Waals surface area (Å²) in [4.78, 5) is 3.77. The van der Waals surface area contributed by atoms with E-state index in [0.717, 1.165) is 5.56 Å². The lowest BCUT2D eigenvalue weighted by atomic mass is 10.3. The van der Waals surface area contributed by atoms with Gasteiger partial charge in [-0.1, -0.05) is 11.6 Å². The molecule has 0 aliphatic carbocycles. The van der Waals surface area contributed by atoms with Crippen molar-refractivity contribution in [3.8, 4) is 0 Å². The lowest BCUT2D eigenvalue weighted by Gasteiger charge is -1.97. The molecule has 1 rings (SSSR count). The van der Waals surface area contributed by atoms with Gasteiger partial charge in [-0.15, -0.1) is 0 Å². The monoisotopic (exact) mass is 157 g/mol. The number of aromatic nitrogens is 1. The van der Waals surface area contributed by atoms with Gasteiger partial charge in [-0.25, -0.2) is 4.98 Å². The van der Waals surface area contributed by atoms with Gasteiger partial charge in [0.15, 0.2) is 0 Å². The summed E-state index contributed by atoms with van der Waals surface area (Å²) < 4.78 is 0. The summed E-state index contributed by atoms with van der Waals surface area (Å²) in [6.45, 7) is 0.437. The van der Waals surface area contributed by atoms with Gasteiger partial charge in [-0.2, -0.15) is 0 Å². The Balaban J connectivity index is 3.06. The van der Waals surface area contributed by atoms with E-state index in [0.29, 0.717) is 17.5 Å². The molecule has 4 N–H and O–H groups in total. The predicted molar refractivity (Wildman–Crippen MR) is 41.6 cm³/mol. The SMILES string of the molecule is NCc1cc(N)nc(Cl)c1. The number of nitrogens with two attached hydrogens (primary N) is 2. The van der Waals surface area contributed by atoms with Gasteiger partial charge in [-0.3, -0.25) is 0 Å². The highest BCUT2D eigenvalue weighted by Crippen LogP contribution is 2.10. The topological polar surface area (TPSA) is 64.9 Å². The van der Waals surface area contributed by atoms with Crippen molar-refractivity contribution in [2.24, 2.45) is 5.73 Å². The maximum atomic E-state index is 5.58. The summed E-state index contributed by atoms with van der Waals surface area (Å²) in [5.74, 6) is 0.410. The van der Waals surface area contributed by atoms with E-state index in [1.807, 2.05) is 0 Å². The van der Waals surface area contributed by atoms with Crippen LogP contribution in [-0.2, 0) is 6.54 Å². The van der Waals surface area contributed by atoms with Crippen molar-refractivity contribution in [2.45, 2.75) is 6.54 Å². The van der Waals surface area contributed by atoms with Gasteiger partial charge in [0, 0.05) is 6.54 Å². The Bertz CT molecular complexity index is 216. The first kappa shape index (κ1) is 7.31. The molecule has 0 saturated carbocycles. The van der Waals surface area contributed by atoms with Gasteiger partial charge in [0.25, 0.3) is 0 Å². The predicted octanol–water partition coefficient (Wildman–Crippen LogP) is 0.776. The summed E-state index contributed by atoms with van der Waals surface area (Å²) in [7, 11) is 0. The molecule has 4 heteroatoms. The quantitative estimate of drug-likeness (QED) is 0.592. The van der Waals surface area contributed by atoms with E-state index in [1.165, 1.54) is 0 Å². The minimum Gasteiger partial charge on any atom is -0.384 e. The number of pyridine rings is 1. The molecule has 0 aliphatic rings. The molecule has 1 aromatic heterocycles. The van der Waals surface area contributed by atoms with Crippen LogP contribution in [0.1, 0.15) is 5.56 Å². The Labute approximate surface area is 64.0 Å². The average Bonchev–Trinajstić information content (AvgIpc) is 1.85. The van der Waals surface area contributed by atoms with Crippen molar-refractivity contribution in [3.63, 3.8) is 0 Å². The molecule has 1 heterocycles. The number of nitrogens with zero attached hydrogens (tertiary/aromatic N) is 1. The van der Waals surface area contributed by atoms with Crippen LogP contribution in [0.5, 0.6) is 0 Å². The molecular formula is C6H8ClN3. The van der Waals surface area contributed by atoms with E-state index in [2.05, 4.69) is 4.98 Å². The van der Waals surface area contributed by atoms with Gasteiger partial charge in [0.2, 0.25) is 0 Å². The van der Waals surface area contributed by atoms with Crippen molar-refractivity contribution in [1.82, 2.24) is 4.98 Å². The second kappa shape index (κ2) is 2.86. The van der Waals surface area contributed by atoms with Crippen molar-refractivity contribution >= 4 is 17.4 Å². The van der Waals surface area contributed by atoms with E-state index < -0.39 is 0 Å². The third-order valence-corrected chi connectivity index (χ3v) is 1.30. The second-order valence-electron chi connectivity index (χ2n) is 1.93. The van der Waals surface area contributed by atoms with Crippen molar-refractivity contribution in [1.29, 1.82) is 0 Å². The van der Waals surface area contributed by atoms with Gasteiger partial charge in [0.05, 0.1) is 0 Å². The zero-order chi connectivity index (χ0) is 7.56. The summed E-state index contributed by atoms with van der Waals surface area (Å²) in [6.07, 6.45) is 0. The molecule has 0 atom stereocenters. The molecule has 0 unspecified atom stereocenters. The van der Waals surface area contributed by atoms with Crippen LogP contribution < -0.4 is 11.5 Å². The molecule has 0 bridgehead atoms. The van der Waals surface area contributed by atoms with Gasteiger partial charge < -0.3 is 11.5 Å². The number of hydrogen-bond acceptors (Lipinski definition) is 3. The molecule has 3 nitrogen and oxygen atoms in total. The molecule has 0 aromatic carbocycles. The standard InChI is InChI=1S/C6H8ClN3/c7-5-1-4(3-8)2-6(9)10-5/h1-2H,3,8H2,(H2,9,10). The highest BCUT2D eigenvalue weighted by Gasteiger charge is 1.94. The summed E-state index contributed by atoms with van der Waals surface area (Å²) in [6, 6.07) is 3.39. The minimum atomic E-state index is 0.389. The third kappa shape index (κ3) is 1.59. The Hall–Kier alpha value is -0.800. The fourth-order valence-electron chi connectivity index (χ4n) is 0.690. The Kier molecular flexibility index (Phi) is 2.09. The number of hydrogen-bond donors (Lipinski definition) is 2. The normalized spacial score (nSPS) is 9.80. The van der Waals surface area contributed by atoms with Crippen molar-refractivity contribution < 1.29 is 0 Å². The maximum Gasteiger partial charge on any atom is 0.131 e. The molecule has 0 fully saturated rings. The molecule has 0 saturated heterocycles. The molecule has 54 valence electrons. The van der Waals surface area contributed by atoms with Gasteiger partial charge in [-0.05, 0) is 17.7 Å². The van der Waals surface area contributed by atoms with E-state index >= 15 is 0 Å². The van der Waals surface area contributed by atoms with Gasteiger partial charge >= 0.3 is 0 Å². The highest BCUT2D eigenvalue weighted by molar-refractivity contribution is 6.29. The van der Waals surface area contributed by atoms with Gasteiger partial charge in [0.1, 0.15) is 11.0 Å². The zero-order valence-electron chi connectivity index (χ0n) is 5.34. The molecule has 1 aromatic rings. The Morgan fingerprint density at radius 3 is 2.70 bits per heavy atom. The van der Waals surface area contributed by atoms with Crippen LogP contribution in [0.2, 0.25) is 5.15 Å². The molecule has 10 heavy (non-hydrogen) atoms. The fourth-order valence-corrected chi connectivity index (χ4v) is 0.928. The van der Waals surface area contributed by atoms with Crippen molar-refractivity contribution in [2.75, 3.05) is 5.73 Å². The zero-order valence-corrected chi connectivity index (χ0v) is 6.10. The molecule has 0 aliphatic heterocycles. The minimum absolute atomic E-state index is 0.389. The third-order valence-electron chi connectivity index (χ3n) is 1.11.